The molecule has 5 nitrogen and oxygen atoms in total. The van der Waals surface area contributed by atoms with Gasteiger partial charge in [0, 0.05) is 23.9 Å². The molecule has 22 heavy (non-hydrogen) atoms. The van der Waals surface area contributed by atoms with Crippen molar-refractivity contribution < 1.29 is 9.84 Å². The Morgan fingerprint density at radius 1 is 1.00 bits per heavy atom. The number of hydrogen-bond acceptors (Lipinski definition) is 4. The van der Waals surface area contributed by atoms with E-state index < -0.39 is 0 Å². The van der Waals surface area contributed by atoms with Gasteiger partial charge in [0.25, 0.3) is 0 Å². The predicted molar refractivity (Wildman–Crippen MR) is 84.2 cm³/mol. The average molecular weight is 295 g/mol. The average Bonchev–Trinajstić information content (AvgIpc) is 3.03. The highest BCUT2D eigenvalue weighted by molar-refractivity contribution is 5.63. The largest absolute Gasteiger partial charge is 0.508 e. The van der Waals surface area contributed by atoms with Crippen molar-refractivity contribution in [2.75, 3.05) is 6.61 Å². The molecule has 0 fully saturated rings. The highest BCUT2D eigenvalue weighted by Crippen LogP contribution is 2.22. The van der Waals surface area contributed by atoms with Gasteiger partial charge in [-0.05, 0) is 43.3 Å². The van der Waals surface area contributed by atoms with Gasteiger partial charge in [-0.25, -0.2) is 4.98 Å². The summed E-state index contributed by atoms with van der Waals surface area (Å²) in [4.78, 5) is 12.0. The summed E-state index contributed by atoms with van der Waals surface area (Å²) in [5.41, 5.74) is 3.68. The van der Waals surface area contributed by atoms with Gasteiger partial charge in [0.1, 0.15) is 11.6 Å². The molecule has 2 N–H and O–H groups in total. The quantitative estimate of drug-likeness (QED) is 0.757. The van der Waals surface area contributed by atoms with E-state index in [9.17, 15) is 5.11 Å². The lowest BCUT2D eigenvalue weighted by molar-refractivity contribution is 0.131. The van der Waals surface area contributed by atoms with Crippen molar-refractivity contribution in [1.82, 2.24) is 15.0 Å². The van der Waals surface area contributed by atoms with Gasteiger partial charge >= 0.3 is 0 Å². The topological polar surface area (TPSA) is 71.0 Å². The maximum absolute atomic E-state index is 9.32. The van der Waals surface area contributed by atoms with Crippen LogP contribution in [0.1, 0.15) is 12.6 Å². The van der Waals surface area contributed by atoms with Crippen LogP contribution in [-0.4, -0.2) is 26.7 Å². The van der Waals surface area contributed by atoms with Gasteiger partial charge in [0.15, 0.2) is 0 Å². The summed E-state index contributed by atoms with van der Waals surface area (Å²) in [7, 11) is 0. The lowest BCUT2D eigenvalue weighted by Gasteiger charge is -2.02. The number of aromatic nitrogens is 3. The zero-order chi connectivity index (χ0) is 15.4. The Morgan fingerprint density at radius 3 is 2.45 bits per heavy atom. The molecule has 0 aliphatic carbocycles. The zero-order valence-corrected chi connectivity index (χ0v) is 12.3. The molecule has 0 amide bonds. The molecule has 0 aliphatic heterocycles. The van der Waals surface area contributed by atoms with Crippen LogP contribution >= 0.6 is 0 Å². The maximum Gasteiger partial charge on any atom is 0.139 e. The van der Waals surface area contributed by atoms with E-state index in [1.165, 1.54) is 0 Å². The smallest absolute Gasteiger partial charge is 0.139 e. The van der Waals surface area contributed by atoms with Gasteiger partial charge in [0.05, 0.1) is 24.2 Å². The molecular weight excluding hydrogens is 278 g/mol. The number of phenolic OH excluding ortho intramolecular Hbond substituents is 1. The summed E-state index contributed by atoms with van der Waals surface area (Å²) < 4.78 is 5.35. The molecule has 0 radical (unpaired) electrons. The number of ether oxygens (including phenoxy) is 1. The van der Waals surface area contributed by atoms with Crippen LogP contribution in [0.15, 0.2) is 48.8 Å². The van der Waals surface area contributed by atoms with Crippen LogP contribution < -0.4 is 0 Å². The number of aromatic amines is 1. The van der Waals surface area contributed by atoms with Crippen LogP contribution in [0, 0.1) is 0 Å². The number of nitrogens with one attached hydrogen (secondary N) is 1. The number of rotatable bonds is 5. The van der Waals surface area contributed by atoms with Gasteiger partial charge in [-0.3, -0.25) is 4.98 Å². The normalized spacial score (nSPS) is 10.8. The summed E-state index contributed by atoms with van der Waals surface area (Å²) >= 11 is 0. The van der Waals surface area contributed by atoms with E-state index in [1.807, 2.05) is 31.2 Å². The lowest BCUT2D eigenvalue weighted by Crippen LogP contribution is -1.92. The molecule has 3 rings (SSSR count). The Balaban J connectivity index is 1.79. The minimum Gasteiger partial charge on any atom is -0.508 e. The van der Waals surface area contributed by atoms with Gasteiger partial charge in [0.2, 0.25) is 0 Å². The summed E-state index contributed by atoms with van der Waals surface area (Å²) in [5.74, 6) is 1.03. The highest BCUT2D eigenvalue weighted by Gasteiger charge is 2.05. The van der Waals surface area contributed by atoms with Gasteiger partial charge < -0.3 is 14.8 Å². The van der Waals surface area contributed by atoms with E-state index in [-0.39, 0.29) is 5.75 Å². The third-order valence-corrected chi connectivity index (χ3v) is 3.29. The van der Waals surface area contributed by atoms with Crippen molar-refractivity contribution in [3.63, 3.8) is 0 Å². The van der Waals surface area contributed by atoms with E-state index in [4.69, 9.17) is 4.74 Å². The van der Waals surface area contributed by atoms with E-state index >= 15 is 0 Å². The molecule has 2 aromatic heterocycles. The number of H-pyrrole nitrogens is 1. The van der Waals surface area contributed by atoms with Crippen molar-refractivity contribution >= 4 is 0 Å². The monoisotopic (exact) mass is 295 g/mol. The molecule has 0 spiro atoms. The first-order chi connectivity index (χ1) is 10.8. The van der Waals surface area contributed by atoms with Crippen LogP contribution in [0.2, 0.25) is 0 Å². The second kappa shape index (κ2) is 6.41. The number of hydrogen-bond donors (Lipinski definition) is 2. The first-order valence-electron chi connectivity index (χ1n) is 7.13. The molecular formula is C17H17N3O2. The molecule has 0 atom stereocenters. The third kappa shape index (κ3) is 3.15. The summed E-state index contributed by atoms with van der Waals surface area (Å²) in [6, 6.07) is 10.9. The van der Waals surface area contributed by atoms with Crippen molar-refractivity contribution in [2.24, 2.45) is 0 Å². The predicted octanol–water partition coefficient (Wildman–Crippen LogP) is 3.38. The van der Waals surface area contributed by atoms with Crippen LogP contribution in [0.25, 0.3) is 22.6 Å². The SMILES string of the molecule is CCOCc1cnc(-c2ccc(-c3ccc(O)cc3)nc2)[nH]1. The number of phenols is 1. The Hall–Kier alpha value is -2.66. The fourth-order valence-electron chi connectivity index (χ4n) is 2.13. The van der Waals surface area contributed by atoms with Crippen molar-refractivity contribution in [3.8, 4) is 28.4 Å². The van der Waals surface area contributed by atoms with E-state index in [1.54, 1.807) is 24.5 Å². The Kier molecular flexibility index (Phi) is 4.16. The van der Waals surface area contributed by atoms with Crippen LogP contribution in [-0.2, 0) is 11.3 Å². The molecule has 0 saturated heterocycles. The fourth-order valence-corrected chi connectivity index (χ4v) is 2.13. The molecule has 112 valence electrons. The van der Waals surface area contributed by atoms with Crippen LogP contribution in [0.3, 0.4) is 0 Å². The standard InChI is InChI=1S/C17H17N3O2/c1-2-22-11-14-10-19-17(20-14)13-5-8-16(18-9-13)12-3-6-15(21)7-4-12/h3-10,21H,2,11H2,1H3,(H,19,20). The fraction of sp³-hybridized carbons (Fsp3) is 0.176. The molecule has 5 heteroatoms. The number of aromatic hydroxyl groups is 1. The third-order valence-electron chi connectivity index (χ3n) is 3.29. The first-order valence-corrected chi connectivity index (χ1v) is 7.13. The molecule has 1 aromatic carbocycles. The van der Waals surface area contributed by atoms with Crippen molar-refractivity contribution in [3.05, 3.63) is 54.5 Å². The van der Waals surface area contributed by atoms with Gasteiger partial charge in [-0.15, -0.1) is 0 Å². The summed E-state index contributed by atoms with van der Waals surface area (Å²) in [6.45, 7) is 3.17. The molecule has 0 unspecified atom stereocenters. The minimum atomic E-state index is 0.248. The first kappa shape index (κ1) is 14.3. The zero-order valence-electron chi connectivity index (χ0n) is 12.3. The maximum atomic E-state index is 9.32. The molecule has 3 aromatic rings. The van der Waals surface area contributed by atoms with Crippen molar-refractivity contribution in [2.45, 2.75) is 13.5 Å². The second-order valence-corrected chi connectivity index (χ2v) is 4.87. The van der Waals surface area contributed by atoms with Crippen LogP contribution in [0.5, 0.6) is 5.75 Å². The van der Waals surface area contributed by atoms with E-state index in [2.05, 4.69) is 15.0 Å². The molecule has 0 bridgehead atoms. The Labute approximate surface area is 128 Å². The minimum absolute atomic E-state index is 0.248. The summed E-state index contributed by atoms with van der Waals surface area (Å²) in [6.07, 6.45) is 3.56. The number of pyridine rings is 1. The van der Waals surface area contributed by atoms with Gasteiger partial charge in [-0.2, -0.15) is 0 Å². The molecule has 0 saturated carbocycles. The second-order valence-electron chi connectivity index (χ2n) is 4.87. The highest BCUT2D eigenvalue weighted by atomic mass is 16.5. The molecule has 0 aliphatic rings. The lowest BCUT2D eigenvalue weighted by atomic mass is 10.1. The van der Waals surface area contributed by atoms with Crippen LogP contribution in [0.4, 0.5) is 0 Å². The van der Waals surface area contributed by atoms with E-state index in [0.717, 1.165) is 28.3 Å². The Morgan fingerprint density at radius 2 is 1.77 bits per heavy atom. The van der Waals surface area contributed by atoms with Gasteiger partial charge in [-0.1, -0.05) is 0 Å². The van der Waals surface area contributed by atoms with Crippen molar-refractivity contribution in [1.29, 1.82) is 0 Å². The number of nitrogens with zero attached hydrogens (tertiary/aromatic N) is 2. The summed E-state index contributed by atoms with van der Waals surface area (Å²) in [5, 5.41) is 9.32. The van der Waals surface area contributed by atoms with E-state index in [0.29, 0.717) is 13.2 Å². The Bertz CT molecular complexity index is 733. The molecule has 2 heterocycles. The number of imidazole rings is 1. The number of benzene rings is 1.